The predicted octanol–water partition coefficient (Wildman–Crippen LogP) is 3.84. The lowest BCUT2D eigenvalue weighted by atomic mass is 10.1. The number of hydrogen-bond acceptors (Lipinski definition) is 3. The van der Waals surface area contributed by atoms with Crippen LogP contribution in [0.5, 0.6) is 0 Å². The number of guanidine groups is 1. The summed E-state index contributed by atoms with van der Waals surface area (Å²) >= 11 is 1.77. The molecule has 1 heterocycles. The molecule has 1 atom stereocenters. The molecule has 154 valence electrons. The first-order valence-corrected chi connectivity index (χ1v) is 9.94. The first kappa shape index (κ1) is 24.4. The molecular formula is C18H28F3IN4S. The average Bonchev–Trinajstić information content (AvgIpc) is 3.02. The Morgan fingerprint density at radius 1 is 1.26 bits per heavy atom. The second kappa shape index (κ2) is 12.7. The summed E-state index contributed by atoms with van der Waals surface area (Å²) in [6.07, 6.45) is -3.35. The number of nitrogens with zero attached hydrogens (tertiary/aromatic N) is 2. The van der Waals surface area contributed by atoms with Crippen LogP contribution < -0.4 is 10.6 Å². The first-order valence-electron chi connectivity index (χ1n) is 8.95. The summed E-state index contributed by atoms with van der Waals surface area (Å²) in [4.78, 5) is 7.25. The largest absolute Gasteiger partial charge is 0.401 e. The van der Waals surface area contributed by atoms with Crippen LogP contribution in [0.2, 0.25) is 0 Å². The second-order valence-electron chi connectivity index (χ2n) is 6.31. The van der Waals surface area contributed by atoms with Crippen LogP contribution in [0.3, 0.4) is 0 Å². The van der Waals surface area contributed by atoms with Gasteiger partial charge in [-0.2, -0.15) is 13.2 Å². The van der Waals surface area contributed by atoms with Gasteiger partial charge in [0.1, 0.15) is 0 Å². The van der Waals surface area contributed by atoms with Gasteiger partial charge in [-0.1, -0.05) is 18.2 Å². The van der Waals surface area contributed by atoms with Crippen LogP contribution in [0.15, 0.2) is 40.2 Å². The van der Waals surface area contributed by atoms with Crippen molar-refractivity contribution in [3.8, 4) is 0 Å². The standard InChI is InChI=1S/C18H27F3N4S.HI/c1-2-22-17(23-9-11-26-16-6-4-3-5-7-16)24-12-15-8-10-25(13-15)14-18(19,20)21;/h3-7,15H,2,8-14H2,1H3,(H2,22,23,24);1H. The topological polar surface area (TPSA) is 39.7 Å². The Morgan fingerprint density at radius 2 is 2.00 bits per heavy atom. The van der Waals surface area contributed by atoms with Crippen molar-refractivity contribution >= 4 is 41.7 Å². The van der Waals surface area contributed by atoms with Crippen LogP contribution in [-0.4, -0.2) is 62.1 Å². The summed E-state index contributed by atoms with van der Waals surface area (Å²) in [7, 11) is 0. The third-order valence-corrected chi connectivity index (χ3v) is 5.04. The first-order chi connectivity index (χ1) is 12.5. The predicted molar refractivity (Wildman–Crippen MR) is 117 cm³/mol. The quantitative estimate of drug-likeness (QED) is 0.181. The van der Waals surface area contributed by atoms with Crippen LogP contribution in [-0.2, 0) is 0 Å². The molecule has 1 aliphatic heterocycles. The lowest BCUT2D eigenvalue weighted by molar-refractivity contribution is -0.143. The van der Waals surface area contributed by atoms with Crippen LogP contribution in [0.1, 0.15) is 13.3 Å². The van der Waals surface area contributed by atoms with Crippen molar-refractivity contribution in [2.45, 2.75) is 24.4 Å². The monoisotopic (exact) mass is 516 g/mol. The molecule has 1 aromatic carbocycles. The third-order valence-electron chi connectivity index (χ3n) is 4.03. The summed E-state index contributed by atoms with van der Waals surface area (Å²) in [6, 6.07) is 10.2. The molecule has 1 aromatic rings. The Hall–Kier alpha value is -0.680. The lowest BCUT2D eigenvalue weighted by Gasteiger charge is -2.17. The third kappa shape index (κ3) is 10.4. The van der Waals surface area contributed by atoms with Crippen molar-refractivity contribution in [2.24, 2.45) is 10.9 Å². The molecule has 0 aromatic heterocycles. The van der Waals surface area contributed by atoms with E-state index in [1.54, 1.807) is 11.8 Å². The van der Waals surface area contributed by atoms with Crippen molar-refractivity contribution in [1.82, 2.24) is 15.5 Å². The number of halogens is 4. The molecule has 27 heavy (non-hydrogen) atoms. The van der Waals surface area contributed by atoms with E-state index in [9.17, 15) is 13.2 Å². The Kier molecular flexibility index (Phi) is 11.5. The molecule has 0 aliphatic carbocycles. The zero-order chi connectivity index (χ0) is 18.8. The highest BCUT2D eigenvalue weighted by Crippen LogP contribution is 2.22. The fourth-order valence-electron chi connectivity index (χ4n) is 2.88. The smallest absolute Gasteiger partial charge is 0.357 e. The zero-order valence-electron chi connectivity index (χ0n) is 15.5. The summed E-state index contributed by atoms with van der Waals surface area (Å²) in [5, 5.41) is 6.48. The van der Waals surface area contributed by atoms with Gasteiger partial charge in [-0.25, -0.2) is 0 Å². The van der Waals surface area contributed by atoms with E-state index in [1.807, 2.05) is 25.1 Å². The minimum atomic E-state index is -4.12. The fraction of sp³-hybridized carbons (Fsp3) is 0.611. The van der Waals surface area contributed by atoms with E-state index in [0.717, 1.165) is 31.2 Å². The van der Waals surface area contributed by atoms with Crippen molar-refractivity contribution in [3.05, 3.63) is 30.3 Å². The summed E-state index contributed by atoms with van der Waals surface area (Å²) in [5.74, 6) is 1.83. The van der Waals surface area contributed by atoms with E-state index in [4.69, 9.17) is 0 Å². The number of likely N-dealkylation sites (tertiary alicyclic amines) is 1. The van der Waals surface area contributed by atoms with Crippen LogP contribution >= 0.6 is 35.7 Å². The second-order valence-corrected chi connectivity index (χ2v) is 7.48. The van der Waals surface area contributed by atoms with Gasteiger partial charge in [-0.15, -0.1) is 35.7 Å². The molecule has 1 fully saturated rings. The molecule has 0 spiro atoms. The van der Waals surface area contributed by atoms with Crippen molar-refractivity contribution in [3.63, 3.8) is 0 Å². The van der Waals surface area contributed by atoms with Crippen molar-refractivity contribution < 1.29 is 13.2 Å². The molecule has 1 unspecified atom stereocenters. The highest BCUT2D eigenvalue weighted by molar-refractivity contribution is 14.0. The van der Waals surface area contributed by atoms with Crippen molar-refractivity contribution in [2.75, 3.05) is 45.0 Å². The molecular weight excluding hydrogens is 488 g/mol. The van der Waals surface area contributed by atoms with Gasteiger partial charge in [-0.3, -0.25) is 9.89 Å². The molecule has 2 N–H and O–H groups in total. The summed E-state index contributed by atoms with van der Waals surface area (Å²) in [5.41, 5.74) is 0. The Morgan fingerprint density at radius 3 is 2.67 bits per heavy atom. The van der Waals surface area contributed by atoms with Crippen LogP contribution in [0.4, 0.5) is 13.2 Å². The minimum Gasteiger partial charge on any atom is -0.357 e. The molecule has 9 heteroatoms. The van der Waals surface area contributed by atoms with Gasteiger partial charge in [0, 0.05) is 36.8 Å². The molecule has 0 bridgehead atoms. The maximum Gasteiger partial charge on any atom is 0.401 e. The Balaban J connectivity index is 0.00000364. The molecule has 0 saturated carbocycles. The minimum absolute atomic E-state index is 0. The van der Waals surface area contributed by atoms with Gasteiger partial charge in [-0.05, 0) is 37.9 Å². The zero-order valence-corrected chi connectivity index (χ0v) is 18.6. The van der Waals surface area contributed by atoms with Gasteiger partial charge in [0.15, 0.2) is 5.96 Å². The molecule has 2 rings (SSSR count). The molecule has 0 amide bonds. The van der Waals surface area contributed by atoms with E-state index in [0.29, 0.717) is 19.6 Å². The molecule has 1 saturated heterocycles. The highest BCUT2D eigenvalue weighted by atomic mass is 127. The normalized spacial score (nSPS) is 18.2. The van der Waals surface area contributed by atoms with Gasteiger partial charge in [0.25, 0.3) is 0 Å². The van der Waals surface area contributed by atoms with Crippen molar-refractivity contribution in [1.29, 1.82) is 0 Å². The van der Waals surface area contributed by atoms with Gasteiger partial charge in [0.05, 0.1) is 6.54 Å². The number of aliphatic imine (C=N–C) groups is 1. The SMILES string of the molecule is CCNC(=NCC1CCN(CC(F)(F)F)C1)NCCSc1ccccc1.I. The lowest BCUT2D eigenvalue weighted by Crippen LogP contribution is -2.39. The fourth-order valence-corrected chi connectivity index (χ4v) is 3.67. The van der Waals surface area contributed by atoms with Gasteiger partial charge in [0.2, 0.25) is 0 Å². The van der Waals surface area contributed by atoms with E-state index in [-0.39, 0.29) is 29.9 Å². The maximum atomic E-state index is 12.5. The highest BCUT2D eigenvalue weighted by Gasteiger charge is 2.34. The van der Waals surface area contributed by atoms with E-state index in [1.165, 1.54) is 9.80 Å². The van der Waals surface area contributed by atoms with Crippen LogP contribution in [0, 0.1) is 5.92 Å². The maximum absolute atomic E-state index is 12.5. The molecule has 4 nitrogen and oxygen atoms in total. The number of benzene rings is 1. The Bertz CT molecular complexity index is 557. The Labute approximate surface area is 180 Å². The summed E-state index contributed by atoms with van der Waals surface area (Å²) < 4.78 is 37.4. The summed E-state index contributed by atoms with van der Waals surface area (Å²) in [6.45, 7) is 4.22. The molecule has 1 aliphatic rings. The van der Waals surface area contributed by atoms with E-state index in [2.05, 4.69) is 27.8 Å². The number of alkyl halides is 3. The van der Waals surface area contributed by atoms with Crippen LogP contribution in [0.25, 0.3) is 0 Å². The molecule has 0 radical (unpaired) electrons. The number of thioether (sulfide) groups is 1. The van der Waals surface area contributed by atoms with E-state index < -0.39 is 12.7 Å². The number of hydrogen-bond donors (Lipinski definition) is 2. The van der Waals surface area contributed by atoms with E-state index >= 15 is 0 Å². The van der Waals surface area contributed by atoms with Gasteiger partial charge < -0.3 is 10.6 Å². The number of nitrogens with one attached hydrogen (secondary N) is 2. The average molecular weight is 516 g/mol. The van der Waals surface area contributed by atoms with Gasteiger partial charge >= 0.3 is 6.18 Å². The number of rotatable bonds is 8.